The number of aryl methyl sites for hydroxylation is 2. The van der Waals surface area contributed by atoms with E-state index in [-0.39, 0.29) is 0 Å². The van der Waals surface area contributed by atoms with Gasteiger partial charge < -0.3 is 14.7 Å². The smallest absolute Gasteiger partial charge is 0.113 e. The largest absolute Gasteiger partial charge is 0.385 e. The van der Waals surface area contributed by atoms with E-state index in [1.54, 1.807) is 0 Å². The molecule has 0 saturated carbocycles. The highest BCUT2D eigenvalue weighted by atomic mass is 16.5. The number of β-amino-alcohol motifs (C(OH)–C–C–N with tert-alkyl or cyclic N) is 1. The predicted octanol–water partition coefficient (Wildman–Crippen LogP) is 0.741. The number of hydrogen-bond donors (Lipinski definition) is 1. The second-order valence-electron chi connectivity index (χ2n) is 7.17. The quantitative estimate of drug-likeness (QED) is 0.837. The van der Waals surface area contributed by atoms with Crippen molar-refractivity contribution in [3.05, 3.63) is 18.0 Å². The molecule has 6 heteroatoms. The molecule has 3 heterocycles. The third kappa shape index (κ3) is 5.01. The highest BCUT2D eigenvalue weighted by molar-refractivity contribution is 4.99. The van der Waals surface area contributed by atoms with E-state index in [1.165, 1.54) is 18.4 Å². The van der Waals surface area contributed by atoms with Crippen LogP contribution in [0.4, 0.5) is 0 Å². The zero-order chi connectivity index (χ0) is 16.1. The van der Waals surface area contributed by atoms with Gasteiger partial charge in [0.25, 0.3) is 0 Å². The molecule has 0 amide bonds. The Morgan fingerprint density at radius 2 is 2.04 bits per heavy atom. The minimum Gasteiger partial charge on any atom is -0.385 e. The highest BCUT2D eigenvalue weighted by Gasteiger charge is 2.34. The fraction of sp³-hybridized carbons (Fsp3) is 0.824. The molecule has 130 valence electrons. The van der Waals surface area contributed by atoms with Gasteiger partial charge >= 0.3 is 0 Å². The van der Waals surface area contributed by atoms with Crippen LogP contribution in [0.1, 0.15) is 24.8 Å². The Morgan fingerprint density at radius 3 is 2.78 bits per heavy atom. The molecule has 1 aromatic rings. The number of rotatable bonds is 6. The molecule has 2 aliphatic heterocycles. The van der Waals surface area contributed by atoms with E-state index in [9.17, 15) is 5.11 Å². The van der Waals surface area contributed by atoms with Crippen molar-refractivity contribution in [1.82, 2.24) is 19.6 Å². The van der Waals surface area contributed by atoms with Crippen molar-refractivity contribution in [1.29, 1.82) is 0 Å². The van der Waals surface area contributed by atoms with E-state index < -0.39 is 5.60 Å². The number of ether oxygens (including phenoxy) is 1. The topological polar surface area (TPSA) is 53.8 Å². The predicted molar refractivity (Wildman–Crippen MR) is 89.5 cm³/mol. The molecule has 1 atom stereocenters. The van der Waals surface area contributed by atoms with Crippen LogP contribution in [-0.2, 0) is 11.3 Å². The number of aromatic nitrogens is 2. The van der Waals surface area contributed by atoms with Crippen molar-refractivity contribution in [3.8, 4) is 0 Å². The number of nitrogens with zero attached hydrogens (tertiary/aromatic N) is 4. The molecule has 6 nitrogen and oxygen atoms in total. The lowest BCUT2D eigenvalue weighted by Gasteiger charge is -2.34. The molecule has 1 N–H and O–H groups in total. The van der Waals surface area contributed by atoms with Crippen LogP contribution in [0, 0.1) is 6.92 Å². The summed E-state index contributed by atoms with van der Waals surface area (Å²) >= 11 is 0. The number of likely N-dealkylation sites (tertiary alicyclic amines) is 1. The Bertz CT molecular complexity index is 487. The molecule has 0 aliphatic carbocycles. The van der Waals surface area contributed by atoms with Crippen LogP contribution in [0.3, 0.4) is 0 Å². The van der Waals surface area contributed by atoms with Gasteiger partial charge in [0.05, 0.1) is 19.4 Å². The van der Waals surface area contributed by atoms with Crippen molar-refractivity contribution < 1.29 is 9.84 Å². The van der Waals surface area contributed by atoms with E-state index in [2.05, 4.69) is 28.0 Å². The third-order valence-corrected chi connectivity index (χ3v) is 4.78. The lowest BCUT2D eigenvalue weighted by Crippen LogP contribution is -2.52. The second kappa shape index (κ2) is 7.75. The average Bonchev–Trinajstić information content (AvgIpc) is 3.11. The van der Waals surface area contributed by atoms with Gasteiger partial charge in [-0.15, -0.1) is 0 Å². The summed E-state index contributed by atoms with van der Waals surface area (Å²) in [6, 6.07) is 0. The molecule has 1 aromatic heterocycles. The summed E-state index contributed by atoms with van der Waals surface area (Å²) in [5, 5.41) is 15.3. The standard InChI is InChI=1S/C17H30N4O2/c1-16-11-18-21(12-16)8-4-7-20-9-10-23-15-17(22,14-20)13-19-5-2-3-6-19/h11-12,22H,2-10,13-15H2,1H3/t17-/m1/s1. The van der Waals surface area contributed by atoms with Crippen LogP contribution in [0.5, 0.6) is 0 Å². The summed E-state index contributed by atoms with van der Waals surface area (Å²) in [5.74, 6) is 0. The summed E-state index contributed by atoms with van der Waals surface area (Å²) in [6.45, 7) is 9.71. The Kier molecular flexibility index (Phi) is 5.69. The van der Waals surface area contributed by atoms with Crippen LogP contribution in [0.15, 0.2) is 12.4 Å². The summed E-state index contributed by atoms with van der Waals surface area (Å²) < 4.78 is 7.68. The highest BCUT2D eigenvalue weighted by Crippen LogP contribution is 2.18. The molecule has 0 aromatic carbocycles. The van der Waals surface area contributed by atoms with Gasteiger partial charge in [-0.05, 0) is 44.8 Å². The van der Waals surface area contributed by atoms with Gasteiger partial charge in [0.2, 0.25) is 0 Å². The first-order chi connectivity index (χ1) is 11.1. The summed E-state index contributed by atoms with van der Waals surface area (Å²) in [7, 11) is 0. The lowest BCUT2D eigenvalue weighted by atomic mass is 10.0. The van der Waals surface area contributed by atoms with Crippen molar-refractivity contribution >= 4 is 0 Å². The number of hydrogen-bond acceptors (Lipinski definition) is 5. The molecule has 0 bridgehead atoms. The zero-order valence-electron chi connectivity index (χ0n) is 14.3. The molecule has 0 spiro atoms. The first kappa shape index (κ1) is 16.9. The van der Waals surface area contributed by atoms with Gasteiger partial charge in [0.15, 0.2) is 0 Å². The normalized spacial score (nSPS) is 27.4. The van der Waals surface area contributed by atoms with Crippen LogP contribution < -0.4 is 0 Å². The molecule has 0 radical (unpaired) electrons. The van der Waals surface area contributed by atoms with Crippen LogP contribution in [0.2, 0.25) is 0 Å². The van der Waals surface area contributed by atoms with Crippen LogP contribution >= 0.6 is 0 Å². The molecule has 23 heavy (non-hydrogen) atoms. The van der Waals surface area contributed by atoms with Crippen LogP contribution in [-0.4, -0.2) is 82.8 Å². The lowest BCUT2D eigenvalue weighted by molar-refractivity contribution is -0.0543. The fourth-order valence-corrected chi connectivity index (χ4v) is 3.69. The Labute approximate surface area is 139 Å². The summed E-state index contributed by atoms with van der Waals surface area (Å²) in [4.78, 5) is 4.72. The second-order valence-corrected chi connectivity index (χ2v) is 7.17. The van der Waals surface area contributed by atoms with E-state index in [4.69, 9.17) is 4.74 Å². The van der Waals surface area contributed by atoms with Gasteiger partial charge in [-0.1, -0.05) is 0 Å². The van der Waals surface area contributed by atoms with Crippen molar-refractivity contribution in [2.45, 2.75) is 38.3 Å². The monoisotopic (exact) mass is 322 g/mol. The first-order valence-electron chi connectivity index (χ1n) is 8.87. The molecule has 2 saturated heterocycles. The molecular weight excluding hydrogens is 292 g/mol. The van der Waals surface area contributed by atoms with E-state index in [0.29, 0.717) is 19.8 Å². The molecule has 3 rings (SSSR count). The van der Waals surface area contributed by atoms with E-state index >= 15 is 0 Å². The van der Waals surface area contributed by atoms with E-state index in [1.807, 2.05) is 10.9 Å². The van der Waals surface area contributed by atoms with Gasteiger partial charge in [-0.25, -0.2) is 0 Å². The van der Waals surface area contributed by atoms with Crippen LogP contribution in [0.25, 0.3) is 0 Å². The Morgan fingerprint density at radius 1 is 1.22 bits per heavy atom. The Balaban J connectivity index is 1.47. The fourth-order valence-electron chi connectivity index (χ4n) is 3.69. The minimum atomic E-state index is -0.733. The summed E-state index contributed by atoms with van der Waals surface area (Å²) in [6.07, 6.45) is 7.53. The van der Waals surface area contributed by atoms with Gasteiger partial charge in [-0.3, -0.25) is 9.58 Å². The van der Waals surface area contributed by atoms with Gasteiger partial charge in [0, 0.05) is 38.9 Å². The Hall–Kier alpha value is -0.950. The molecular formula is C17H30N4O2. The maximum atomic E-state index is 11.0. The van der Waals surface area contributed by atoms with E-state index in [0.717, 1.165) is 45.7 Å². The molecule has 0 unspecified atom stereocenters. The van der Waals surface area contributed by atoms with Gasteiger partial charge in [0.1, 0.15) is 5.60 Å². The molecule has 2 fully saturated rings. The first-order valence-corrected chi connectivity index (χ1v) is 8.87. The summed E-state index contributed by atoms with van der Waals surface area (Å²) in [5.41, 5.74) is 0.469. The molecule has 2 aliphatic rings. The van der Waals surface area contributed by atoms with Crippen molar-refractivity contribution in [2.24, 2.45) is 0 Å². The maximum Gasteiger partial charge on any atom is 0.113 e. The minimum absolute atomic E-state index is 0.457. The third-order valence-electron chi connectivity index (χ3n) is 4.78. The maximum absolute atomic E-state index is 11.0. The average molecular weight is 322 g/mol. The van der Waals surface area contributed by atoms with Gasteiger partial charge in [-0.2, -0.15) is 5.10 Å². The zero-order valence-corrected chi connectivity index (χ0v) is 14.3. The van der Waals surface area contributed by atoms with Crippen molar-refractivity contribution in [3.63, 3.8) is 0 Å². The SMILES string of the molecule is Cc1cnn(CCCN2CCOC[C@@](O)(CN3CCCC3)C2)c1. The number of aliphatic hydroxyl groups is 1. The van der Waals surface area contributed by atoms with Crippen molar-refractivity contribution in [2.75, 3.05) is 52.5 Å².